The zero-order valence-corrected chi connectivity index (χ0v) is 9.44. The van der Waals surface area contributed by atoms with Crippen LogP contribution >= 0.6 is 30.9 Å². The first kappa shape index (κ1) is 4.91. The molecule has 0 saturated carbocycles. The van der Waals surface area contributed by atoms with E-state index >= 15 is 0 Å². The Labute approximate surface area is 107 Å². The van der Waals surface area contributed by atoms with E-state index in [-0.39, 0.29) is 16.2 Å². The van der Waals surface area contributed by atoms with Gasteiger partial charge in [0.25, 0.3) is 0 Å². The minimum Gasteiger partial charge on any atom is -0.306 e. The topological polar surface area (TPSA) is 41.6 Å². The summed E-state index contributed by atoms with van der Waals surface area (Å²) in [7, 11) is -4.82. The molecule has 0 amide bonds. The van der Waals surface area contributed by atoms with Crippen LogP contribution in [0.4, 0.5) is 0 Å². The van der Waals surface area contributed by atoms with Crippen molar-refractivity contribution in [3.63, 3.8) is 0 Å². The zero-order valence-electron chi connectivity index (χ0n) is 16.0. The number of rotatable bonds is 5. The van der Waals surface area contributed by atoms with Gasteiger partial charge in [0, 0.05) is 42.2 Å². The Balaban J connectivity index is 3.43. The second kappa shape index (κ2) is 6.31. The van der Waals surface area contributed by atoms with Gasteiger partial charge in [-0.05, 0) is 6.42 Å². The average Bonchev–Trinajstić information content (AvgIpc) is 2.30. The maximum atomic E-state index is 13.0. The van der Waals surface area contributed by atoms with E-state index in [1.807, 2.05) is 0 Å². The van der Waals surface area contributed by atoms with Gasteiger partial charge in [-0.3, -0.25) is 4.57 Å². The molecule has 0 bridgehead atoms. The third kappa shape index (κ3) is 3.37. The number of hydrogen-bond donors (Lipinski definition) is 1. The summed E-state index contributed by atoms with van der Waals surface area (Å²) < 4.78 is 85.7. The molecule has 84 valence electrons. The van der Waals surface area contributed by atoms with Crippen LogP contribution in [0.3, 0.4) is 0 Å². The molecule has 0 spiro atoms. The van der Waals surface area contributed by atoms with Gasteiger partial charge in [0.05, 0.1) is 6.61 Å². The molecule has 1 atom stereocenters. The zero-order chi connectivity index (χ0) is 18.5. The quantitative estimate of drug-likeness (QED) is 0.612. The van der Waals surface area contributed by atoms with Crippen molar-refractivity contribution in [2.75, 3.05) is 37.8 Å². The third-order valence-electron chi connectivity index (χ3n) is 1.36. The van der Waals surface area contributed by atoms with Crippen LogP contribution in [0.1, 0.15) is 17.4 Å². The molecule has 1 fully saturated rings. The number of nitrogens with zero attached hydrogens (tertiary/aromatic N) is 1. The first-order valence-corrected chi connectivity index (χ1v) is 5.94. The highest BCUT2D eigenvalue weighted by molar-refractivity contribution is 7.54. The standard InChI is InChI=1S/C7H15Cl2N2O2P/c8-2-5-11(6-3-9)14(12)10-4-1-7-13-14/h1-7H2,(H,10,12)/i2D2,3D2,4D2,5D2/hD. The van der Waals surface area contributed by atoms with E-state index in [0.717, 1.165) is 0 Å². The predicted octanol–water partition coefficient (Wildman–Crippen LogP) is 1.88. The molecule has 14 heavy (non-hydrogen) atoms. The molecule has 1 aliphatic heterocycles. The van der Waals surface area contributed by atoms with E-state index in [4.69, 9.17) is 40.1 Å². The Bertz CT molecular complexity index is 497. The normalized spacial score (nSPS) is 45.8. The molecule has 1 unspecified atom stereocenters. The molecule has 0 radical (unpaired) electrons. The van der Waals surface area contributed by atoms with Crippen molar-refractivity contribution in [3.05, 3.63) is 0 Å². The molecule has 0 aliphatic carbocycles. The number of hydrogen-bond acceptors (Lipinski definition) is 2. The van der Waals surface area contributed by atoms with Crippen LogP contribution in [-0.2, 0) is 9.09 Å². The Morgan fingerprint density at radius 3 is 3.14 bits per heavy atom. The third-order valence-corrected chi connectivity index (χ3v) is 3.33. The molecule has 0 aromatic rings. The lowest BCUT2D eigenvalue weighted by atomic mass is 10.5. The molecular formula is C7H15Cl2N2O2P. The predicted molar refractivity (Wildman–Crippen MR) is 59.2 cm³/mol. The fourth-order valence-corrected chi connectivity index (χ4v) is 2.50. The van der Waals surface area contributed by atoms with Crippen molar-refractivity contribution in [2.24, 2.45) is 0 Å². The maximum Gasteiger partial charge on any atom is 0.343 e. The largest absolute Gasteiger partial charge is 0.343 e. The van der Waals surface area contributed by atoms with Crippen LogP contribution < -0.4 is 5.08 Å². The number of nitrogens with one attached hydrogen (secondary N) is 1. The molecule has 1 heterocycles. The lowest BCUT2D eigenvalue weighted by molar-refractivity contribution is 0.233. The van der Waals surface area contributed by atoms with Crippen LogP contribution in [-0.4, -0.2) is 42.5 Å². The molecule has 1 saturated heterocycles. The molecule has 1 rings (SSSR count). The summed E-state index contributed by atoms with van der Waals surface area (Å²) in [4.78, 5) is 0. The van der Waals surface area contributed by atoms with Gasteiger partial charge in [0.15, 0.2) is 0 Å². The number of halogens is 2. The van der Waals surface area contributed by atoms with Crippen LogP contribution in [0.5, 0.6) is 0 Å². The van der Waals surface area contributed by atoms with Crippen molar-refractivity contribution in [2.45, 2.75) is 6.42 Å². The van der Waals surface area contributed by atoms with Crippen LogP contribution in [0, 0.1) is 0 Å². The lowest BCUT2D eigenvalue weighted by Gasteiger charge is -2.33. The summed E-state index contributed by atoms with van der Waals surface area (Å²) in [6.07, 6.45) is -0.334. The molecule has 0 aromatic heterocycles. The summed E-state index contributed by atoms with van der Waals surface area (Å²) in [5, 5.41) is -0.118. The summed E-state index contributed by atoms with van der Waals surface area (Å²) in [6, 6.07) is 0. The van der Waals surface area contributed by atoms with Crippen molar-refractivity contribution in [1.29, 1.82) is 0 Å². The second-order valence-corrected chi connectivity index (χ2v) is 4.61. The monoisotopic (exact) mass is 269 g/mol. The Kier molecular flexibility index (Phi) is 2.21. The Morgan fingerprint density at radius 1 is 1.71 bits per heavy atom. The fourth-order valence-electron chi connectivity index (χ4n) is 0.800. The van der Waals surface area contributed by atoms with Crippen LogP contribution in [0.15, 0.2) is 0 Å². The van der Waals surface area contributed by atoms with Gasteiger partial charge in [-0.25, -0.2) is 9.75 Å². The second-order valence-electron chi connectivity index (χ2n) is 2.23. The van der Waals surface area contributed by atoms with Gasteiger partial charge in [-0.2, -0.15) is 0 Å². The Morgan fingerprint density at radius 2 is 2.50 bits per heavy atom. The first-order chi connectivity index (χ1) is 9.95. The van der Waals surface area contributed by atoms with Crippen molar-refractivity contribution >= 4 is 30.9 Å². The lowest BCUT2D eigenvalue weighted by Crippen LogP contribution is -2.35. The molecule has 1 aliphatic rings. The highest BCUT2D eigenvalue weighted by Gasteiger charge is 2.32. The van der Waals surface area contributed by atoms with Gasteiger partial charge in [0.2, 0.25) is 0 Å². The van der Waals surface area contributed by atoms with E-state index in [2.05, 4.69) is 0 Å². The van der Waals surface area contributed by atoms with Gasteiger partial charge < -0.3 is 4.52 Å². The van der Waals surface area contributed by atoms with Gasteiger partial charge >= 0.3 is 7.67 Å². The van der Waals surface area contributed by atoms with Gasteiger partial charge in [-0.15, -0.1) is 23.2 Å². The van der Waals surface area contributed by atoms with E-state index in [1.54, 1.807) is 0 Å². The van der Waals surface area contributed by atoms with Crippen molar-refractivity contribution in [1.82, 2.24) is 9.75 Å². The summed E-state index contributed by atoms with van der Waals surface area (Å²) in [5.74, 6) is -5.82. The smallest absolute Gasteiger partial charge is 0.306 e. The highest BCUT2D eigenvalue weighted by atomic mass is 35.5. The number of alkyl halides is 2. The summed E-state index contributed by atoms with van der Waals surface area (Å²) in [6.45, 7) is -7.33. The van der Waals surface area contributed by atoms with E-state index in [0.29, 0.717) is 0 Å². The van der Waals surface area contributed by atoms with E-state index in [1.165, 1.54) is 0 Å². The van der Waals surface area contributed by atoms with Crippen molar-refractivity contribution in [3.8, 4) is 0 Å². The highest BCUT2D eigenvalue weighted by Crippen LogP contribution is 2.47. The first-order valence-electron chi connectivity index (χ1n) is 8.10. The van der Waals surface area contributed by atoms with Crippen molar-refractivity contribution < 1.29 is 21.5 Å². The van der Waals surface area contributed by atoms with E-state index in [9.17, 15) is 4.57 Å². The SMILES string of the molecule is [2H]N1C([2H])([2H])CCOP1(=O)N(CC([2H])([2H])Cl)C([2H])([2H])C([2H])([2H])Cl. The van der Waals surface area contributed by atoms with Gasteiger partial charge in [-0.1, -0.05) is 0 Å². The van der Waals surface area contributed by atoms with Crippen LogP contribution in [0.2, 0.25) is 1.41 Å². The van der Waals surface area contributed by atoms with E-state index < -0.39 is 45.5 Å². The fraction of sp³-hybridized carbons (Fsp3) is 1.00. The molecular weight excluding hydrogens is 246 g/mol. The summed E-state index contributed by atoms with van der Waals surface area (Å²) in [5.41, 5.74) is 0. The minimum absolute atomic E-state index is 0.0456. The molecule has 7 heteroatoms. The maximum absolute atomic E-state index is 13.0. The molecule has 1 N–H and O–H groups in total. The average molecular weight is 270 g/mol. The molecule has 4 nitrogen and oxygen atoms in total. The minimum atomic E-state index is -4.82. The Hall–Kier alpha value is 0.690. The van der Waals surface area contributed by atoms with Gasteiger partial charge in [0.1, 0.15) is 1.41 Å². The molecule has 0 aromatic carbocycles. The van der Waals surface area contributed by atoms with Crippen LogP contribution in [0.25, 0.3) is 0 Å². The summed E-state index contributed by atoms with van der Waals surface area (Å²) >= 11 is 10.7.